The molecule has 158 valence electrons. The lowest BCUT2D eigenvalue weighted by Gasteiger charge is -2.34. The Labute approximate surface area is 174 Å². The number of hydrogen-bond acceptors (Lipinski definition) is 3. The first kappa shape index (κ1) is 21.6. The average molecular weight is 418 g/mol. The SMILES string of the molecule is Cn1ccc(S(=O)(=O)N2CCN(C(=O)CCc3ccc(C(C)(C)C)cc3)CC2)c1. The van der Waals surface area contributed by atoms with Gasteiger partial charge >= 0.3 is 0 Å². The molecule has 3 rings (SSSR count). The van der Waals surface area contributed by atoms with Crippen LogP contribution in [0.15, 0.2) is 47.6 Å². The summed E-state index contributed by atoms with van der Waals surface area (Å²) in [6.45, 7) is 8.10. The lowest BCUT2D eigenvalue weighted by molar-refractivity contribution is -0.132. The van der Waals surface area contributed by atoms with Gasteiger partial charge < -0.3 is 9.47 Å². The minimum atomic E-state index is -3.49. The van der Waals surface area contributed by atoms with Crippen LogP contribution in [0.4, 0.5) is 0 Å². The van der Waals surface area contributed by atoms with E-state index in [1.54, 1.807) is 35.0 Å². The van der Waals surface area contributed by atoms with Gasteiger partial charge in [0.15, 0.2) is 0 Å². The van der Waals surface area contributed by atoms with Gasteiger partial charge in [-0.15, -0.1) is 0 Å². The van der Waals surface area contributed by atoms with Crippen LogP contribution in [0.2, 0.25) is 0 Å². The van der Waals surface area contributed by atoms with Crippen molar-refractivity contribution in [2.75, 3.05) is 26.2 Å². The number of carbonyl (C=O) groups excluding carboxylic acids is 1. The minimum absolute atomic E-state index is 0.0849. The Balaban J connectivity index is 1.51. The summed E-state index contributed by atoms with van der Waals surface area (Å²) >= 11 is 0. The molecule has 1 saturated heterocycles. The van der Waals surface area contributed by atoms with Gasteiger partial charge in [0.1, 0.15) is 0 Å². The van der Waals surface area contributed by atoms with Gasteiger partial charge in [0.05, 0.1) is 4.90 Å². The summed E-state index contributed by atoms with van der Waals surface area (Å²) in [6.07, 6.45) is 4.48. The number of aromatic nitrogens is 1. The summed E-state index contributed by atoms with van der Waals surface area (Å²) in [7, 11) is -1.69. The maximum Gasteiger partial charge on any atom is 0.244 e. The fourth-order valence-electron chi connectivity index (χ4n) is 3.54. The lowest BCUT2D eigenvalue weighted by Crippen LogP contribution is -2.50. The molecule has 1 amide bonds. The van der Waals surface area contributed by atoms with Crippen molar-refractivity contribution in [3.63, 3.8) is 0 Å². The second kappa shape index (κ2) is 8.32. The number of aryl methyl sites for hydroxylation is 2. The molecule has 6 nitrogen and oxygen atoms in total. The van der Waals surface area contributed by atoms with Crippen molar-refractivity contribution in [1.82, 2.24) is 13.8 Å². The third-order valence-corrected chi connectivity index (χ3v) is 7.36. The largest absolute Gasteiger partial charge is 0.356 e. The number of hydrogen-bond donors (Lipinski definition) is 0. The van der Waals surface area contributed by atoms with Crippen molar-refractivity contribution in [1.29, 1.82) is 0 Å². The van der Waals surface area contributed by atoms with Gasteiger partial charge in [-0.1, -0.05) is 45.0 Å². The van der Waals surface area contributed by atoms with Crippen LogP contribution in [0.25, 0.3) is 0 Å². The normalized spacial score (nSPS) is 16.2. The van der Waals surface area contributed by atoms with E-state index in [2.05, 4.69) is 45.0 Å². The molecule has 29 heavy (non-hydrogen) atoms. The average Bonchev–Trinajstić information content (AvgIpc) is 3.13. The second-order valence-electron chi connectivity index (χ2n) is 8.74. The van der Waals surface area contributed by atoms with Crippen molar-refractivity contribution >= 4 is 15.9 Å². The highest BCUT2D eigenvalue weighted by Crippen LogP contribution is 2.23. The zero-order valence-electron chi connectivity index (χ0n) is 17.8. The molecule has 1 aromatic carbocycles. The number of carbonyl (C=O) groups is 1. The molecule has 2 heterocycles. The highest BCUT2D eigenvalue weighted by molar-refractivity contribution is 7.89. The number of piperazine rings is 1. The van der Waals surface area contributed by atoms with E-state index in [0.29, 0.717) is 43.9 Å². The predicted molar refractivity (Wildman–Crippen MR) is 114 cm³/mol. The fraction of sp³-hybridized carbons (Fsp3) is 0.500. The molecule has 1 aliphatic rings. The standard InChI is InChI=1S/C22H31N3O3S/c1-22(2,3)19-8-5-18(6-9-19)7-10-21(26)24-13-15-25(16-14-24)29(27,28)20-11-12-23(4)17-20/h5-6,8-9,11-12,17H,7,10,13-16H2,1-4H3. The van der Waals surface area contributed by atoms with Crippen molar-refractivity contribution < 1.29 is 13.2 Å². The van der Waals surface area contributed by atoms with Gasteiger partial charge in [0.25, 0.3) is 0 Å². The van der Waals surface area contributed by atoms with Crippen molar-refractivity contribution in [3.8, 4) is 0 Å². The quantitative estimate of drug-likeness (QED) is 0.752. The third-order valence-electron chi connectivity index (χ3n) is 5.48. The topological polar surface area (TPSA) is 62.6 Å². The number of benzene rings is 1. The van der Waals surface area contributed by atoms with E-state index in [4.69, 9.17) is 0 Å². The lowest BCUT2D eigenvalue weighted by atomic mass is 9.86. The van der Waals surface area contributed by atoms with Crippen LogP contribution in [-0.4, -0.2) is 54.3 Å². The zero-order valence-corrected chi connectivity index (χ0v) is 18.6. The van der Waals surface area contributed by atoms with Crippen molar-refractivity contribution in [2.24, 2.45) is 7.05 Å². The van der Waals surface area contributed by atoms with E-state index in [9.17, 15) is 13.2 Å². The van der Waals surface area contributed by atoms with E-state index >= 15 is 0 Å². The predicted octanol–water partition coefficient (Wildman–Crippen LogP) is 2.79. The van der Waals surface area contributed by atoms with Gasteiger partial charge in [-0.2, -0.15) is 4.31 Å². The molecule has 0 spiro atoms. The Morgan fingerprint density at radius 3 is 2.14 bits per heavy atom. The van der Waals surface area contributed by atoms with E-state index < -0.39 is 10.0 Å². The third kappa shape index (κ3) is 5.08. The molecule has 0 radical (unpaired) electrons. The van der Waals surface area contributed by atoms with Gasteiger partial charge in [-0.25, -0.2) is 8.42 Å². The Morgan fingerprint density at radius 1 is 1.00 bits per heavy atom. The van der Waals surface area contributed by atoms with Gasteiger partial charge in [-0.3, -0.25) is 4.79 Å². The van der Waals surface area contributed by atoms with E-state index in [0.717, 1.165) is 5.56 Å². The van der Waals surface area contributed by atoms with Crippen LogP contribution in [0.1, 0.15) is 38.3 Å². The van der Waals surface area contributed by atoms with Gasteiger partial charge in [0.2, 0.25) is 15.9 Å². The first-order valence-electron chi connectivity index (χ1n) is 10.1. The molecule has 1 aliphatic heterocycles. The summed E-state index contributed by atoms with van der Waals surface area (Å²) in [4.78, 5) is 14.7. The second-order valence-corrected chi connectivity index (χ2v) is 10.7. The molecular weight excluding hydrogens is 386 g/mol. The molecule has 0 N–H and O–H groups in total. The Hall–Kier alpha value is -2.12. The Morgan fingerprint density at radius 2 is 1.62 bits per heavy atom. The molecule has 0 saturated carbocycles. The van der Waals surface area contributed by atoms with Crippen LogP contribution < -0.4 is 0 Å². The van der Waals surface area contributed by atoms with Crippen LogP contribution in [0, 0.1) is 0 Å². The summed E-state index contributed by atoms with van der Waals surface area (Å²) in [6, 6.07) is 10.1. The van der Waals surface area contributed by atoms with Crippen LogP contribution in [0.3, 0.4) is 0 Å². The maximum atomic E-state index is 12.7. The number of rotatable bonds is 5. The molecule has 0 aliphatic carbocycles. The maximum absolute atomic E-state index is 12.7. The monoisotopic (exact) mass is 417 g/mol. The molecule has 0 atom stereocenters. The Bertz CT molecular complexity index is 948. The van der Waals surface area contributed by atoms with Crippen LogP contribution in [0.5, 0.6) is 0 Å². The van der Waals surface area contributed by atoms with Crippen molar-refractivity contribution in [3.05, 3.63) is 53.9 Å². The summed E-state index contributed by atoms with van der Waals surface area (Å²) in [5, 5.41) is 0. The highest BCUT2D eigenvalue weighted by Gasteiger charge is 2.30. The first-order valence-corrected chi connectivity index (χ1v) is 11.5. The number of sulfonamides is 1. The van der Waals surface area contributed by atoms with Gasteiger partial charge in [-0.05, 0) is 29.0 Å². The summed E-state index contributed by atoms with van der Waals surface area (Å²) < 4.78 is 28.6. The molecule has 1 aromatic heterocycles. The Kier molecular flexibility index (Phi) is 6.19. The molecule has 2 aromatic rings. The van der Waals surface area contributed by atoms with Gasteiger partial charge in [0, 0.05) is 52.0 Å². The molecule has 1 fully saturated rings. The zero-order chi connectivity index (χ0) is 21.2. The molecule has 0 unspecified atom stereocenters. The summed E-state index contributed by atoms with van der Waals surface area (Å²) in [5.41, 5.74) is 2.55. The smallest absolute Gasteiger partial charge is 0.244 e. The summed E-state index contributed by atoms with van der Waals surface area (Å²) in [5.74, 6) is 0.0849. The fourth-order valence-corrected chi connectivity index (χ4v) is 5.01. The molecular formula is C22H31N3O3S. The van der Waals surface area contributed by atoms with Crippen LogP contribution in [-0.2, 0) is 33.7 Å². The highest BCUT2D eigenvalue weighted by atomic mass is 32.2. The van der Waals surface area contributed by atoms with Crippen molar-refractivity contribution in [2.45, 2.75) is 43.9 Å². The minimum Gasteiger partial charge on any atom is -0.356 e. The number of amides is 1. The number of nitrogens with zero attached hydrogens (tertiary/aromatic N) is 3. The molecule has 0 bridgehead atoms. The van der Waals surface area contributed by atoms with Crippen LogP contribution >= 0.6 is 0 Å². The first-order chi connectivity index (χ1) is 13.6. The van der Waals surface area contributed by atoms with E-state index in [1.807, 2.05) is 0 Å². The van der Waals surface area contributed by atoms with E-state index in [1.165, 1.54) is 9.87 Å². The van der Waals surface area contributed by atoms with E-state index in [-0.39, 0.29) is 11.3 Å². The molecule has 7 heteroatoms.